The zero-order chi connectivity index (χ0) is 28.6. The first-order chi connectivity index (χ1) is 18.6. The van der Waals surface area contributed by atoms with E-state index in [2.05, 4.69) is 11.9 Å². The van der Waals surface area contributed by atoms with E-state index in [1.807, 2.05) is 0 Å². The Bertz CT molecular complexity index is 1080. The van der Waals surface area contributed by atoms with Gasteiger partial charge in [0.25, 0.3) is 5.92 Å². The van der Waals surface area contributed by atoms with E-state index < -0.39 is 65.2 Å². The molecule has 0 aliphatic heterocycles. The predicted octanol–water partition coefficient (Wildman–Crippen LogP) is 9.82. The van der Waals surface area contributed by atoms with Crippen LogP contribution in [0.2, 0.25) is 0 Å². The number of hydrogen-bond acceptors (Lipinski definition) is 2. The lowest BCUT2D eigenvalue weighted by Gasteiger charge is -2.33. The van der Waals surface area contributed by atoms with Crippen LogP contribution in [0.4, 0.5) is 30.7 Å². The summed E-state index contributed by atoms with van der Waals surface area (Å²) in [5.74, 6) is -9.39. The summed E-state index contributed by atoms with van der Waals surface area (Å²) in [7, 11) is 0. The van der Waals surface area contributed by atoms with Gasteiger partial charge in [-0.2, -0.15) is 8.78 Å². The van der Waals surface area contributed by atoms with Crippen LogP contribution in [0, 0.1) is 23.5 Å². The number of alkyl halides is 4. The third-order valence-corrected chi connectivity index (χ3v) is 7.50. The molecule has 0 spiro atoms. The Kier molecular flexibility index (Phi) is 11.5. The predicted molar refractivity (Wildman–Crippen MR) is 138 cm³/mol. The first-order valence-corrected chi connectivity index (χ1v) is 14.1. The molecule has 0 saturated carbocycles. The highest BCUT2D eigenvalue weighted by atomic mass is 19.3. The fourth-order valence-electron chi connectivity index (χ4n) is 5.21. The Labute approximate surface area is 226 Å². The molecule has 1 aliphatic carbocycles. The molecule has 218 valence electrons. The van der Waals surface area contributed by atoms with Crippen LogP contribution in [0.1, 0.15) is 95.6 Å². The molecule has 0 fully saturated rings. The second-order valence-electron chi connectivity index (χ2n) is 10.5. The van der Waals surface area contributed by atoms with Crippen molar-refractivity contribution < 1.29 is 35.5 Å². The molecule has 1 aromatic carbocycles. The maximum Gasteiger partial charge on any atom is 0.280 e. The van der Waals surface area contributed by atoms with Crippen molar-refractivity contribution in [3.63, 3.8) is 0 Å². The minimum atomic E-state index is -3.41. The normalized spacial score (nSPS) is 18.0. The van der Waals surface area contributed by atoms with E-state index in [0.29, 0.717) is 12.8 Å². The third-order valence-electron chi connectivity index (χ3n) is 7.50. The number of hydrogen-bond donors (Lipinski definition) is 0. The average Bonchev–Trinajstić information content (AvgIpc) is 2.89. The number of aryl methyl sites for hydroxylation is 1. The second-order valence-corrected chi connectivity index (χ2v) is 10.5. The standard InChI is InChI=1S/C30H38F7NO/c1-3-5-6-7-8-9-10-12-20-14-13-19-17-24(38-29(35)26(19)30(20,36)37)21-15-16-25(28(34)27(21)33)39-18-23(32)22(31)11-4-2/h15-17,20,22-23H,3-14,18H2,1-2H3. The fraction of sp³-hybridized carbons (Fsp3) is 0.633. The van der Waals surface area contributed by atoms with Crippen LogP contribution in [-0.2, 0) is 12.3 Å². The summed E-state index contributed by atoms with van der Waals surface area (Å²) in [6, 6.07) is 3.22. The highest BCUT2D eigenvalue weighted by Gasteiger charge is 2.47. The lowest BCUT2D eigenvalue weighted by Crippen LogP contribution is -2.33. The van der Waals surface area contributed by atoms with Gasteiger partial charge in [0.05, 0.1) is 11.3 Å². The van der Waals surface area contributed by atoms with Gasteiger partial charge >= 0.3 is 0 Å². The molecule has 2 aromatic rings. The molecule has 3 unspecified atom stereocenters. The number of fused-ring (bicyclic) bond motifs is 1. The van der Waals surface area contributed by atoms with E-state index in [1.54, 1.807) is 6.92 Å². The van der Waals surface area contributed by atoms with Gasteiger partial charge in [0.1, 0.15) is 12.8 Å². The highest BCUT2D eigenvalue weighted by molar-refractivity contribution is 5.63. The Morgan fingerprint density at radius 3 is 2.31 bits per heavy atom. The van der Waals surface area contributed by atoms with Crippen LogP contribution in [-0.4, -0.2) is 23.9 Å². The van der Waals surface area contributed by atoms with Gasteiger partial charge in [-0.1, -0.05) is 65.2 Å². The number of nitrogens with zero attached hydrogens (tertiary/aromatic N) is 1. The van der Waals surface area contributed by atoms with Crippen LogP contribution < -0.4 is 4.74 Å². The maximum atomic E-state index is 15.3. The molecule has 3 atom stereocenters. The van der Waals surface area contributed by atoms with Gasteiger partial charge in [-0.25, -0.2) is 26.9 Å². The quantitative estimate of drug-likeness (QED) is 0.123. The molecule has 0 N–H and O–H groups in total. The first kappa shape index (κ1) is 31.2. The van der Waals surface area contributed by atoms with Crippen LogP contribution in [0.5, 0.6) is 5.75 Å². The largest absolute Gasteiger partial charge is 0.487 e. The summed E-state index contributed by atoms with van der Waals surface area (Å²) in [4.78, 5) is 3.57. The smallest absolute Gasteiger partial charge is 0.280 e. The number of aromatic nitrogens is 1. The van der Waals surface area contributed by atoms with Crippen molar-refractivity contribution >= 4 is 0 Å². The molecular formula is C30H38F7NO. The minimum Gasteiger partial charge on any atom is -0.487 e. The summed E-state index contributed by atoms with van der Waals surface area (Å²) >= 11 is 0. The van der Waals surface area contributed by atoms with Crippen LogP contribution >= 0.6 is 0 Å². The van der Waals surface area contributed by atoms with Gasteiger partial charge in [0.15, 0.2) is 17.7 Å². The number of pyridine rings is 1. The fourth-order valence-corrected chi connectivity index (χ4v) is 5.21. The van der Waals surface area contributed by atoms with E-state index in [1.165, 1.54) is 12.5 Å². The van der Waals surface area contributed by atoms with Gasteiger partial charge in [-0.3, -0.25) is 0 Å². The van der Waals surface area contributed by atoms with Crippen molar-refractivity contribution in [2.24, 2.45) is 5.92 Å². The van der Waals surface area contributed by atoms with Crippen molar-refractivity contribution in [2.75, 3.05) is 6.61 Å². The van der Waals surface area contributed by atoms with E-state index in [-0.39, 0.29) is 36.9 Å². The van der Waals surface area contributed by atoms with E-state index in [4.69, 9.17) is 4.74 Å². The zero-order valence-electron chi connectivity index (χ0n) is 22.7. The van der Waals surface area contributed by atoms with Crippen LogP contribution in [0.25, 0.3) is 11.3 Å². The topological polar surface area (TPSA) is 22.1 Å². The Morgan fingerprint density at radius 1 is 0.923 bits per heavy atom. The van der Waals surface area contributed by atoms with Crippen molar-refractivity contribution in [1.29, 1.82) is 0 Å². The molecule has 2 nitrogen and oxygen atoms in total. The van der Waals surface area contributed by atoms with Gasteiger partial charge in [-0.15, -0.1) is 0 Å². The summed E-state index contributed by atoms with van der Waals surface area (Å²) in [5, 5.41) is 0. The molecule has 0 amide bonds. The highest BCUT2D eigenvalue weighted by Crippen LogP contribution is 2.48. The molecule has 1 aliphatic rings. The lowest BCUT2D eigenvalue weighted by molar-refractivity contribution is -0.0824. The maximum absolute atomic E-state index is 15.3. The number of halogens is 7. The Hall–Kier alpha value is -2.32. The molecule has 1 aromatic heterocycles. The molecule has 0 radical (unpaired) electrons. The summed E-state index contributed by atoms with van der Waals surface area (Å²) in [6.07, 6.45) is 4.18. The first-order valence-electron chi connectivity index (χ1n) is 14.1. The molecule has 9 heteroatoms. The zero-order valence-corrected chi connectivity index (χ0v) is 22.7. The van der Waals surface area contributed by atoms with Crippen molar-refractivity contribution in [3.05, 3.63) is 46.9 Å². The van der Waals surface area contributed by atoms with Crippen molar-refractivity contribution in [1.82, 2.24) is 4.98 Å². The lowest BCUT2D eigenvalue weighted by atomic mass is 9.78. The average molecular weight is 562 g/mol. The number of unbranched alkanes of at least 4 members (excludes halogenated alkanes) is 6. The summed E-state index contributed by atoms with van der Waals surface area (Å²) < 4.78 is 108. The van der Waals surface area contributed by atoms with Crippen molar-refractivity contribution in [3.8, 4) is 17.0 Å². The molecule has 3 rings (SSSR count). The van der Waals surface area contributed by atoms with E-state index in [0.717, 1.165) is 44.2 Å². The number of rotatable bonds is 15. The Morgan fingerprint density at radius 2 is 1.62 bits per heavy atom. The number of ether oxygens (including phenoxy) is 1. The molecule has 1 heterocycles. The Balaban J connectivity index is 1.72. The molecule has 0 bridgehead atoms. The van der Waals surface area contributed by atoms with E-state index in [9.17, 15) is 22.0 Å². The summed E-state index contributed by atoms with van der Waals surface area (Å²) in [5.41, 5.74) is -1.52. The monoisotopic (exact) mass is 561 g/mol. The second kappa shape index (κ2) is 14.4. The molecular weight excluding hydrogens is 523 g/mol. The van der Waals surface area contributed by atoms with Gasteiger partial charge in [0, 0.05) is 11.5 Å². The number of benzene rings is 1. The molecule has 39 heavy (non-hydrogen) atoms. The van der Waals surface area contributed by atoms with Gasteiger partial charge in [0.2, 0.25) is 11.8 Å². The van der Waals surface area contributed by atoms with Crippen molar-refractivity contribution in [2.45, 2.75) is 109 Å². The minimum absolute atomic E-state index is 0.0173. The molecule has 0 saturated heterocycles. The van der Waals surface area contributed by atoms with Gasteiger partial charge < -0.3 is 4.74 Å². The van der Waals surface area contributed by atoms with Crippen LogP contribution in [0.3, 0.4) is 0 Å². The third kappa shape index (κ3) is 7.66. The van der Waals surface area contributed by atoms with E-state index >= 15 is 8.78 Å². The summed E-state index contributed by atoms with van der Waals surface area (Å²) in [6.45, 7) is 3.00. The van der Waals surface area contributed by atoms with Gasteiger partial charge in [-0.05, 0) is 49.4 Å². The SMILES string of the molecule is CCCCCCCCCC1CCc2cc(-c3ccc(OCC(F)C(F)CCC)c(F)c3F)nc(F)c2C1(F)F. The van der Waals surface area contributed by atoms with Crippen LogP contribution in [0.15, 0.2) is 18.2 Å².